The molecule has 2 rings (SSSR count). The maximum atomic E-state index is 12.2. The summed E-state index contributed by atoms with van der Waals surface area (Å²) in [5.41, 5.74) is 1.17. The fourth-order valence-corrected chi connectivity index (χ4v) is 4.69. The maximum absolute atomic E-state index is 12.2. The quantitative estimate of drug-likeness (QED) is 0.313. The largest absolute Gasteiger partial charge is 0.382 e. The monoisotopic (exact) mass is 466 g/mol. The highest BCUT2D eigenvalue weighted by Crippen LogP contribution is 2.19. The Morgan fingerprint density at radius 3 is 2.41 bits per heavy atom. The van der Waals surface area contributed by atoms with Crippen LogP contribution < -0.4 is 4.18 Å². The van der Waals surface area contributed by atoms with Gasteiger partial charge >= 0.3 is 10.1 Å². The van der Waals surface area contributed by atoms with Gasteiger partial charge in [0.1, 0.15) is 5.75 Å². The zero-order valence-corrected chi connectivity index (χ0v) is 21.2. The molecular formula is C25H42N2O4S. The highest BCUT2D eigenvalue weighted by atomic mass is 32.2. The first-order chi connectivity index (χ1) is 15.2. The molecule has 1 amide bonds. The smallest absolute Gasteiger partial charge is 0.311 e. The first-order valence-corrected chi connectivity index (χ1v) is 13.7. The van der Waals surface area contributed by atoms with Gasteiger partial charge in [-0.25, -0.2) is 0 Å². The summed E-state index contributed by atoms with van der Waals surface area (Å²) in [5, 5.41) is -0.567. The molecule has 1 aromatic rings. The van der Waals surface area contributed by atoms with E-state index in [1.807, 2.05) is 12.1 Å². The molecule has 0 radical (unpaired) electrons. The fraction of sp³-hybridized carbons (Fsp3) is 0.720. The Balaban J connectivity index is 1.82. The molecule has 32 heavy (non-hydrogen) atoms. The first-order valence-electron chi connectivity index (χ1n) is 12.3. The average molecular weight is 467 g/mol. The summed E-state index contributed by atoms with van der Waals surface area (Å²) in [7, 11) is -3.57. The Kier molecular flexibility index (Phi) is 11.0. The normalized spacial score (nSPS) is 16.4. The van der Waals surface area contributed by atoms with Gasteiger partial charge < -0.3 is 14.0 Å². The first kappa shape index (κ1) is 26.7. The molecule has 7 heteroatoms. The molecule has 0 spiro atoms. The number of rotatable bonds is 13. The number of likely N-dealkylation sites (tertiary alicyclic amines) is 1. The third-order valence-electron chi connectivity index (χ3n) is 6.17. The molecule has 1 aliphatic heterocycles. The number of carbonyl (C=O) groups excluding carboxylic acids is 1. The molecule has 182 valence electrons. The zero-order chi connectivity index (χ0) is 23.6. The molecule has 1 saturated heterocycles. The van der Waals surface area contributed by atoms with Gasteiger partial charge in [0.25, 0.3) is 0 Å². The molecule has 0 N–H and O–H groups in total. The van der Waals surface area contributed by atoms with E-state index in [4.69, 9.17) is 4.18 Å². The third-order valence-corrected chi connectivity index (χ3v) is 7.75. The number of benzene rings is 1. The Hall–Kier alpha value is -1.60. The third kappa shape index (κ3) is 8.74. The second-order valence-corrected chi connectivity index (χ2v) is 11.4. The highest BCUT2D eigenvalue weighted by molar-refractivity contribution is 7.87. The topological polar surface area (TPSA) is 66.9 Å². The number of carbonyl (C=O) groups is 1. The van der Waals surface area contributed by atoms with Crippen molar-refractivity contribution in [2.75, 3.05) is 26.2 Å². The Morgan fingerprint density at radius 2 is 1.75 bits per heavy atom. The molecule has 1 fully saturated rings. The van der Waals surface area contributed by atoms with Crippen molar-refractivity contribution in [1.29, 1.82) is 0 Å². The summed E-state index contributed by atoms with van der Waals surface area (Å²) in [5.74, 6) is 0.693. The van der Waals surface area contributed by atoms with Crippen LogP contribution in [0.3, 0.4) is 0 Å². The lowest BCUT2D eigenvalue weighted by Gasteiger charge is -2.29. The van der Waals surface area contributed by atoms with Crippen molar-refractivity contribution < 1.29 is 17.4 Å². The van der Waals surface area contributed by atoms with Gasteiger partial charge in [0, 0.05) is 25.6 Å². The van der Waals surface area contributed by atoms with E-state index < -0.39 is 15.4 Å². The number of amides is 1. The van der Waals surface area contributed by atoms with Crippen LogP contribution >= 0.6 is 0 Å². The lowest BCUT2D eigenvalue weighted by molar-refractivity contribution is -0.130. The van der Waals surface area contributed by atoms with Crippen molar-refractivity contribution in [3.05, 3.63) is 29.8 Å². The van der Waals surface area contributed by atoms with E-state index in [0.717, 1.165) is 64.7 Å². The van der Waals surface area contributed by atoms with Gasteiger partial charge in [0.2, 0.25) is 5.91 Å². The molecule has 1 aromatic carbocycles. The molecule has 0 saturated carbocycles. The van der Waals surface area contributed by atoms with E-state index in [0.29, 0.717) is 24.1 Å². The van der Waals surface area contributed by atoms with Crippen molar-refractivity contribution in [1.82, 2.24) is 9.80 Å². The SMILES string of the molecule is CCCN(CCCCN1CCCCCC1=O)C(C)Cc1ccc(OS(=O)(=O)C(C)C)cc1. The molecule has 1 unspecified atom stereocenters. The van der Waals surface area contributed by atoms with Crippen LogP contribution in [0.2, 0.25) is 0 Å². The molecular weight excluding hydrogens is 424 g/mol. The summed E-state index contributed by atoms with van der Waals surface area (Å²) in [4.78, 5) is 16.7. The highest BCUT2D eigenvalue weighted by Gasteiger charge is 2.19. The van der Waals surface area contributed by atoms with Gasteiger partial charge in [-0.1, -0.05) is 25.5 Å². The van der Waals surface area contributed by atoms with Crippen molar-refractivity contribution in [2.24, 2.45) is 0 Å². The predicted molar refractivity (Wildman–Crippen MR) is 130 cm³/mol. The van der Waals surface area contributed by atoms with E-state index in [1.54, 1.807) is 26.0 Å². The summed E-state index contributed by atoms with van der Waals surface area (Å²) in [6, 6.07) is 7.78. The van der Waals surface area contributed by atoms with Gasteiger partial charge in [-0.15, -0.1) is 0 Å². The van der Waals surface area contributed by atoms with Crippen LogP contribution in [0, 0.1) is 0 Å². The standard InChI is InChI=1S/C25H42N2O4S/c1-5-16-26(17-9-10-19-27-18-8-6-7-11-25(27)28)22(4)20-23-12-14-24(15-13-23)31-32(29,30)21(2)3/h12-15,21-22H,5-11,16-20H2,1-4H3. The molecule has 0 bridgehead atoms. The van der Waals surface area contributed by atoms with Crippen LogP contribution in [-0.2, 0) is 21.3 Å². The van der Waals surface area contributed by atoms with Gasteiger partial charge in [0.05, 0.1) is 5.25 Å². The Morgan fingerprint density at radius 1 is 1.03 bits per heavy atom. The van der Waals surface area contributed by atoms with E-state index >= 15 is 0 Å². The van der Waals surface area contributed by atoms with Crippen molar-refractivity contribution in [3.8, 4) is 5.75 Å². The van der Waals surface area contributed by atoms with E-state index in [2.05, 4.69) is 23.6 Å². The van der Waals surface area contributed by atoms with E-state index in [-0.39, 0.29) is 0 Å². The second-order valence-electron chi connectivity index (χ2n) is 9.26. The number of hydrogen-bond donors (Lipinski definition) is 0. The van der Waals surface area contributed by atoms with Gasteiger partial charge in [-0.05, 0) is 90.1 Å². The number of unbranched alkanes of at least 4 members (excludes halogenated alkanes) is 1. The van der Waals surface area contributed by atoms with Crippen LogP contribution in [0.15, 0.2) is 24.3 Å². The van der Waals surface area contributed by atoms with Gasteiger partial charge in [0.15, 0.2) is 0 Å². The lowest BCUT2D eigenvalue weighted by atomic mass is 10.0. The number of hydrogen-bond acceptors (Lipinski definition) is 5. The Bertz CT molecular complexity index is 793. The molecule has 0 aliphatic carbocycles. The van der Waals surface area contributed by atoms with Crippen LogP contribution in [-0.4, -0.2) is 61.6 Å². The van der Waals surface area contributed by atoms with Crippen LogP contribution in [0.25, 0.3) is 0 Å². The van der Waals surface area contributed by atoms with Crippen molar-refractivity contribution in [2.45, 2.75) is 90.4 Å². The molecule has 1 heterocycles. The minimum absolute atomic E-state index is 0.329. The summed E-state index contributed by atoms with van der Waals surface area (Å²) in [6.45, 7) is 11.6. The molecule has 1 aliphatic rings. The van der Waals surface area contributed by atoms with Crippen LogP contribution in [0.4, 0.5) is 0 Å². The predicted octanol–water partition coefficient (Wildman–Crippen LogP) is 4.63. The van der Waals surface area contributed by atoms with E-state index in [1.165, 1.54) is 12.0 Å². The van der Waals surface area contributed by atoms with Crippen molar-refractivity contribution >= 4 is 16.0 Å². The van der Waals surface area contributed by atoms with Crippen LogP contribution in [0.1, 0.15) is 78.2 Å². The Labute approximate surface area is 195 Å². The molecule has 6 nitrogen and oxygen atoms in total. The fourth-order valence-electron chi connectivity index (χ4n) is 4.11. The van der Waals surface area contributed by atoms with Crippen LogP contribution in [0.5, 0.6) is 5.75 Å². The minimum atomic E-state index is -3.57. The number of nitrogens with zero attached hydrogens (tertiary/aromatic N) is 2. The second kappa shape index (κ2) is 13.2. The molecule has 1 atom stereocenters. The lowest BCUT2D eigenvalue weighted by Crippen LogP contribution is -2.37. The average Bonchev–Trinajstić information content (AvgIpc) is 2.95. The van der Waals surface area contributed by atoms with Gasteiger partial charge in [-0.2, -0.15) is 8.42 Å². The summed E-state index contributed by atoms with van der Waals surface area (Å²) in [6.07, 6.45) is 8.21. The van der Waals surface area contributed by atoms with Crippen molar-refractivity contribution in [3.63, 3.8) is 0 Å². The summed E-state index contributed by atoms with van der Waals surface area (Å²) >= 11 is 0. The molecule has 0 aromatic heterocycles. The minimum Gasteiger partial charge on any atom is -0.382 e. The van der Waals surface area contributed by atoms with Gasteiger partial charge in [-0.3, -0.25) is 4.79 Å². The summed E-state index contributed by atoms with van der Waals surface area (Å²) < 4.78 is 29.0. The maximum Gasteiger partial charge on any atom is 0.311 e. The zero-order valence-electron chi connectivity index (χ0n) is 20.4. The van der Waals surface area contributed by atoms with E-state index in [9.17, 15) is 13.2 Å².